The van der Waals surface area contributed by atoms with Crippen LogP contribution in [0.4, 0.5) is 4.39 Å². The number of hydrogen-bond acceptors (Lipinski definition) is 2. The first-order valence-electron chi connectivity index (χ1n) is 6.15. The van der Waals surface area contributed by atoms with Gasteiger partial charge in [0.1, 0.15) is 11.4 Å². The van der Waals surface area contributed by atoms with E-state index in [0.29, 0.717) is 11.1 Å². The summed E-state index contributed by atoms with van der Waals surface area (Å²) in [5, 5.41) is 0.928. The molecule has 3 heteroatoms. The molecule has 2 nitrogen and oxygen atoms in total. The number of fused-ring (bicyclic) bond motifs is 1. The minimum absolute atomic E-state index is 0.239. The maximum Gasteiger partial charge on any atom is 0.136 e. The van der Waals surface area contributed by atoms with Crippen LogP contribution in [0.3, 0.4) is 0 Å². The van der Waals surface area contributed by atoms with Gasteiger partial charge in [0, 0.05) is 22.6 Å². The van der Waals surface area contributed by atoms with E-state index in [1.165, 1.54) is 12.5 Å². The Bertz CT molecular complexity index is 540. The van der Waals surface area contributed by atoms with Crippen LogP contribution >= 0.6 is 0 Å². The summed E-state index contributed by atoms with van der Waals surface area (Å²) >= 11 is 0. The van der Waals surface area contributed by atoms with Gasteiger partial charge in [-0.2, -0.15) is 0 Å². The van der Waals surface area contributed by atoms with Crippen molar-refractivity contribution in [1.29, 1.82) is 0 Å². The van der Waals surface area contributed by atoms with Crippen LogP contribution in [0.15, 0.2) is 28.9 Å². The average Bonchev–Trinajstić information content (AvgIpc) is 2.76. The van der Waals surface area contributed by atoms with Gasteiger partial charge in [-0.05, 0) is 25.0 Å². The van der Waals surface area contributed by atoms with Gasteiger partial charge in [-0.3, -0.25) is 0 Å². The maximum absolute atomic E-state index is 14.1. The highest BCUT2D eigenvalue weighted by Crippen LogP contribution is 2.37. The second-order valence-corrected chi connectivity index (χ2v) is 5.01. The Morgan fingerprint density at radius 3 is 2.71 bits per heavy atom. The Kier molecular flexibility index (Phi) is 2.44. The standard InChI is InChI=1S/C14H16FNO/c15-12-9-13-10(4-7-17-13)8-11(12)14(16)5-2-1-3-6-14/h4,7-9H,1-3,5-6,16H2. The summed E-state index contributed by atoms with van der Waals surface area (Å²) in [6.07, 6.45) is 6.69. The van der Waals surface area contributed by atoms with Crippen LogP contribution in [0.5, 0.6) is 0 Å². The molecular weight excluding hydrogens is 217 g/mol. The quantitative estimate of drug-likeness (QED) is 0.815. The first kappa shape index (κ1) is 10.8. The molecule has 0 amide bonds. The molecule has 1 aliphatic carbocycles. The molecule has 1 saturated carbocycles. The Labute approximate surface area is 99.6 Å². The van der Waals surface area contributed by atoms with Crippen molar-refractivity contribution in [3.8, 4) is 0 Å². The summed E-state index contributed by atoms with van der Waals surface area (Å²) in [4.78, 5) is 0. The Morgan fingerprint density at radius 2 is 1.94 bits per heavy atom. The minimum Gasteiger partial charge on any atom is -0.464 e. The van der Waals surface area contributed by atoms with Gasteiger partial charge in [-0.15, -0.1) is 0 Å². The van der Waals surface area contributed by atoms with Gasteiger partial charge in [0.25, 0.3) is 0 Å². The third-order valence-corrected chi connectivity index (χ3v) is 3.82. The lowest BCUT2D eigenvalue weighted by molar-refractivity contribution is 0.293. The highest BCUT2D eigenvalue weighted by atomic mass is 19.1. The van der Waals surface area contributed by atoms with Crippen molar-refractivity contribution in [3.63, 3.8) is 0 Å². The fourth-order valence-corrected chi connectivity index (χ4v) is 2.82. The molecule has 3 rings (SSSR count). The fraction of sp³-hybridized carbons (Fsp3) is 0.429. The number of rotatable bonds is 1. The highest BCUT2D eigenvalue weighted by Gasteiger charge is 2.32. The van der Waals surface area contributed by atoms with Crippen LogP contribution in [0.2, 0.25) is 0 Å². The molecule has 1 heterocycles. The van der Waals surface area contributed by atoms with Crippen LogP contribution in [-0.2, 0) is 5.54 Å². The van der Waals surface area contributed by atoms with Gasteiger partial charge >= 0.3 is 0 Å². The molecule has 0 spiro atoms. The van der Waals surface area contributed by atoms with Crippen LogP contribution in [-0.4, -0.2) is 0 Å². The van der Waals surface area contributed by atoms with Crippen molar-refractivity contribution < 1.29 is 8.81 Å². The van der Waals surface area contributed by atoms with E-state index in [1.807, 2.05) is 12.1 Å². The van der Waals surface area contributed by atoms with Crippen LogP contribution in [0.1, 0.15) is 37.7 Å². The third-order valence-electron chi connectivity index (χ3n) is 3.82. The molecule has 17 heavy (non-hydrogen) atoms. The van der Waals surface area contributed by atoms with Crippen molar-refractivity contribution in [1.82, 2.24) is 0 Å². The summed E-state index contributed by atoms with van der Waals surface area (Å²) in [6.45, 7) is 0. The lowest BCUT2D eigenvalue weighted by Gasteiger charge is -2.34. The Morgan fingerprint density at radius 1 is 1.18 bits per heavy atom. The van der Waals surface area contributed by atoms with E-state index in [-0.39, 0.29) is 5.82 Å². The van der Waals surface area contributed by atoms with Gasteiger partial charge in [-0.25, -0.2) is 4.39 Å². The summed E-state index contributed by atoms with van der Waals surface area (Å²) in [5.41, 5.74) is 7.11. The average molecular weight is 233 g/mol. The van der Waals surface area contributed by atoms with Crippen molar-refractivity contribution in [2.75, 3.05) is 0 Å². The van der Waals surface area contributed by atoms with Gasteiger partial charge < -0.3 is 10.2 Å². The largest absolute Gasteiger partial charge is 0.464 e. The molecule has 2 aromatic rings. The van der Waals surface area contributed by atoms with Gasteiger partial charge in [0.05, 0.1) is 6.26 Å². The van der Waals surface area contributed by atoms with E-state index in [1.54, 1.807) is 6.26 Å². The first-order valence-corrected chi connectivity index (χ1v) is 6.15. The van der Waals surface area contributed by atoms with E-state index in [4.69, 9.17) is 10.2 Å². The summed E-state index contributed by atoms with van der Waals surface area (Å²) < 4.78 is 19.3. The topological polar surface area (TPSA) is 39.2 Å². The molecule has 2 N–H and O–H groups in total. The zero-order valence-electron chi connectivity index (χ0n) is 9.71. The van der Waals surface area contributed by atoms with E-state index in [9.17, 15) is 4.39 Å². The Hall–Kier alpha value is -1.35. The molecular formula is C14H16FNO. The Balaban J connectivity index is 2.11. The van der Waals surface area contributed by atoms with E-state index in [0.717, 1.165) is 31.1 Å². The van der Waals surface area contributed by atoms with E-state index < -0.39 is 5.54 Å². The molecule has 0 saturated heterocycles. The molecule has 0 aliphatic heterocycles. The lowest BCUT2D eigenvalue weighted by atomic mass is 9.77. The number of nitrogens with two attached hydrogens (primary N) is 1. The van der Waals surface area contributed by atoms with E-state index in [2.05, 4.69) is 0 Å². The van der Waals surface area contributed by atoms with Crippen LogP contribution in [0, 0.1) is 5.82 Å². The summed E-state index contributed by atoms with van der Waals surface area (Å²) in [6, 6.07) is 5.15. The zero-order chi connectivity index (χ0) is 11.9. The van der Waals surface area contributed by atoms with Gasteiger partial charge in [0.2, 0.25) is 0 Å². The third kappa shape index (κ3) is 1.75. The molecule has 90 valence electrons. The van der Waals surface area contributed by atoms with Gasteiger partial charge in [0.15, 0.2) is 0 Å². The van der Waals surface area contributed by atoms with Crippen LogP contribution < -0.4 is 5.73 Å². The molecule has 1 aromatic carbocycles. The van der Waals surface area contributed by atoms with Crippen LogP contribution in [0.25, 0.3) is 11.0 Å². The minimum atomic E-state index is -0.492. The normalized spacial score (nSPS) is 19.6. The number of halogens is 1. The predicted molar refractivity (Wildman–Crippen MR) is 65.1 cm³/mol. The van der Waals surface area contributed by atoms with E-state index >= 15 is 0 Å². The monoisotopic (exact) mass is 233 g/mol. The molecule has 1 aliphatic rings. The van der Waals surface area contributed by atoms with Crippen molar-refractivity contribution in [3.05, 3.63) is 35.8 Å². The molecule has 0 radical (unpaired) electrons. The van der Waals surface area contributed by atoms with Crippen molar-refractivity contribution in [2.24, 2.45) is 5.73 Å². The summed E-state index contributed by atoms with van der Waals surface area (Å²) in [7, 11) is 0. The zero-order valence-corrected chi connectivity index (χ0v) is 9.71. The fourth-order valence-electron chi connectivity index (χ4n) is 2.82. The second kappa shape index (κ2) is 3.84. The number of hydrogen-bond donors (Lipinski definition) is 1. The SMILES string of the molecule is NC1(c2cc3ccoc3cc2F)CCCCC1. The van der Waals surface area contributed by atoms with Crippen molar-refractivity contribution >= 4 is 11.0 Å². The number of furan rings is 1. The molecule has 0 unspecified atom stereocenters. The van der Waals surface area contributed by atoms with Gasteiger partial charge in [-0.1, -0.05) is 19.3 Å². The molecule has 0 atom stereocenters. The highest BCUT2D eigenvalue weighted by molar-refractivity contribution is 5.78. The number of benzene rings is 1. The lowest BCUT2D eigenvalue weighted by Crippen LogP contribution is -2.39. The smallest absolute Gasteiger partial charge is 0.136 e. The molecule has 0 bridgehead atoms. The predicted octanol–water partition coefficient (Wildman–Crippen LogP) is 3.69. The second-order valence-electron chi connectivity index (χ2n) is 5.01. The summed E-state index contributed by atoms with van der Waals surface area (Å²) in [5.74, 6) is -0.239. The molecule has 1 aromatic heterocycles. The first-order chi connectivity index (χ1) is 8.19. The molecule has 1 fully saturated rings. The van der Waals surface area contributed by atoms with Crippen molar-refractivity contribution in [2.45, 2.75) is 37.6 Å². The maximum atomic E-state index is 14.1.